The molecular weight excluding hydrogens is 238 g/mol. The Labute approximate surface area is 106 Å². The van der Waals surface area contributed by atoms with Crippen molar-refractivity contribution in [2.45, 2.75) is 18.9 Å². The molecule has 1 aliphatic rings. The molecule has 1 aromatic carbocycles. The third kappa shape index (κ3) is 3.35. The second kappa shape index (κ2) is 4.94. The quantitative estimate of drug-likeness (QED) is 0.807. The molecule has 0 aromatic heterocycles. The molecule has 0 atom stereocenters. The van der Waals surface area contributed by atoms with Crippen molar-refractivity contribution >= 4 is 28.9 Å². The molecule has 0 bridgehead atoms. The van der Waals surface area contributed by atoms with Crippen LogP contribution in [-0.2, 0) is 4.79 Å². The number of carbonyl (C=O) groups is 1. The summed E-state index contributed by atoms with van der Waals surface area (Å²) in [4.78, 5) is 13.8. The monoisotopic (exact) mass is 253 g/mol. The molecule has 1 aromatic rings. The molecule has 0 radical (unpaired) electrons. The summed E-state index contributed by atoms with van der Waals surface area (Å²) in [5.41, 5.74) is 6.77. The average molecular weight is 254 g/mol. The van der Waals surface area contributed by atoms with E-state index in [0.717, 1.165) is 0 Å². The molecule has 1 amide bonds. The molecule has 4 nitrogen and oxygen atoms in total. The molecule has 92 valence electrons. The number of halogens is 1. The van der Waals surface area contributed by atoms with Gasteiger partial charge in [-0.3, -0.25) is 9.69 Å². The fourth-order valence-electron chi connectivity index (χ4n) is 1.69. The highest BCUT2D eigenvalue weighted by atomic mass is 35.5. The summed E-state index contributed by atoms with van der Waals surface area (Å²) in [6, 6.07) is 5.63. The van der Waals surface area contributed by atoms with E-state index in [0.29, 0.717) is 29.0 Å². The minimum Gasteiger partial charge on any atom is -0.399 e. The Bertz CT molecular complexity index is 432. The third-order valence-corrected chi connectivity index (χ3v) is 3.14. The van der Waals surface area contributed by atoms with Crippen molar-refractivity contribution < 1.29 is 4.79 Å². The van der Waals surface area contributed by atoms with Crippen molar-refractivity contribution in [2.75, 3.05) is 24.6 Å². The van der Waals surface area contributed by atoms with Gasteiger partial charge in [0.25, 0.3) is 0 Å². The zero-order valence-electron chi connectivity index (χ0n) is 9.74. The average Bonchev–Trinajstić information content (AvgIpc) is 3.05. The summed E-state index contributed by atoms with van der Waals surface area (Å²) in [5, 5.41) is 3.25. The first-order valence-corrected chi connectivity index (χ1v) is 5.99. The highest BCUT2D eigenvalue weighted by Crippen LogP contribution is 2.26. The number of carbonyl (C=O) groups excluding carboxylic acids is 1. The molecular formula is C12H16ClN3O. The van der Waals surface area contributed by atoms with E-state index in [2.05, 4.69) is 10.2 Å². The summed E-state index contributed by atoms with van der Waals surface area (Å²) < 4.78 is 0. The van der Waals surface area contributed by atoms with Crippen LogP contribution in [0.4, 0.5) is 11.4 Å². The van der Waals surface area contributed by atoms with Gasteiger partial charge >= 0.3 is 0 Å². The predicted octanol–water partition coefficient (Wildman–Crippen LogP) is 1.95. The number of amides is 1. The molecule has 17 heavy (non-hydrogen) atoms. The fraction of sp³-hybridized carbons (Fsp3) is 0.417. The van der Waals surface area contributed by atoms with Crippen LogP contribution in [0, 0.1) is 0 Å². The van der Waals surface area contributed by atoms with Crippen LogP contribution in [0.3, 0.4) is 0 Å². The third-order valence-electron chi connectivity index (χ3n) is 2.83. The number of nitrogen functional groups attached to an aromatic ring is 1. The molecule has 0 aliphatic heterocycles. The molecule has 5 heteroatoms. The first-order chi connectivity index (χ1) is 8.06. The SMILES string of the molecule is CN(CC(=O)Nc1ccc(N)cc1Cl)C1CC1. The predicted molar refractivity (Wildman–Crippen MR) is 70.1 cm³/mol. The first kappa shape index (κ1) is 12.2. The second-order valence-electron chi connectivity index (χ2n) is 4.43. The van der Waals surface area contributed by atoms with Gasteiger partial charge in [0, 0.05) is 11.7 Å². The van der Waals surface area contributed by atoms with Gasteiger partial charge in [-0.1, -0.05) is 11.6 Å². The van der Waals surface area contributed by atoms with E-state index in [1.165, 1.54) is 12.8 Å². The Balaban J connectivity index is 1.92. The standard InChI is InChI=1S/C12H16ClN3O/c1-16(9-3-4-9)7-12(17)15-11-5-2-8(14)6-10(11)13/h2,5-6,9H,3-4,7,14H2,1H3,(H,15,17). The summed E-state index contributed by atoms with van der Waals surface area (Å²) in [6.07, 6.45) is 2.37. The molecule has 1 saturated carbocycles. The van der Waals surface area contributed by atoms with Gasteiger partial charge in [0.05, 0.1) is 17.3 Å². The van der Waals surface area contributed by atoms with Gasteiger partial charge in [-0.05, 0) is 38.1 Å². The largest absolute Gasteiger partial charge is 0.399 e. The number of hydrogen-bond acceptors (Lipinski definition) is 3. The number of nitrogens with two attached hydrogens (primary N) is 1. The van der Waals surface area contributed by atoms with E-state index in [1.807, 2.05) is 7.05 Å². The van der Waals surface area contributed by atoms with Gasteiger partial charge in [0.1, 0.15) is 0 Å². The number of likely N-dealkylation sites (N-methyl/N-ethyl adjacent to an activating group) is 1. The Morgan fingerprint density at radius 1 is 1.59 bits per heavy atom. The maximum atomic E-state index is 11.7. The van der Waals surface area contributed by atoms with Crippen LogP contribution in [0.15, 0.2) is 18.2 Å². The van der Waals surface area contributed by atoms with Crippen LogP contribution < -0.4 is 11.1 Å². The minimum absolute atomic E-state index is 0.0499. The van der Waals surface area contributed by atoms with E-state index in [-0.39, 0.29) is 5.91 Å². The van der Waals surface area contributed by atoms with Gasteiger partial charge in [-0.25, -0.2) is 0 Å². The van der Waals surface area contributed by atoms with Crippen molar-refractivity contribution in [1.29, 1.82) is 0 Å². The van der Waals surface area contributed by atoms with Crippen LogP contribution in [0.1, 0.15) is 12.8 Å². The maximum absolute atomic E-state index is 11.7. The van der Waals surface area contributed by atoms with Crippen molar-refractivity contribution in [2.24, 2.45) is 0 Å². The Hall–Kier alpha value is -1.26. The molecule has 3 N–H and O–H groups in total. The minimum atomic E-state index is -0.0499. The Kier molecular flexibility index (Phi) is 3.54. The lowest BCUT2D eigenvalue weighted by Gasteiger charge is -2.15. The van der Waals surface area contributed by atoms with E-state index < -0.39 is 0 Å². The number of anilines is 2. The van der Waals surface area contributed by atoms with Gasteiger partial charge < -0.3 is 11.1 Å². The summed E-state index contributed by atoms with van der Waals surface area (Å²) in [5.74, 6) is -0.0499. The van der Waals surface area contributed by atoms with Crippen molar-refractivity contribution in [3.63, 3.8) is 0 Å². The molecule has 0 spiro atoms. The van der Waals surface area contributed by atoms with E-state index in [9.17, 15) is 4.79 Å². The van der Waals surface area contributed by atoms with Crippen LogP contribution >= 0.6 is 11.6 Å². The molecule has 2 rings (SSSR count). The number of nitrogens with one attached hydrogen (secondary N) is 1. The van der Waals surface area contributed by atoms with E-state index >= 15 is 0 Å². The molecule has 1 fully saturated rings. The topological polar surface area (TPSA) is 58.4 Å². The smallest absolute Gasteiger partial charge is 0.238 e. The molecule has 1 aliphatic carbocycles. The zero-order valence-corrected chi connectivity index (χ0v) is 10.5. The van der Waals surface area contributed by atoms with Crippen LogP contribution in [0.25, 0.3) is 0 Å². The number of nitrogens with zero attached hydrogens (tertiary/aromatic N) is 1. The highest BCUT2D eigenvalue weighted by Gasteiger charge is 2.27. The Morgan fingerprint density at radius 3 is 2.88 bits per heavy atom. The number of rotatable bonds is 4. The second-order valence-corrected chi connectivity index (χ2v) is 4.84. The summed E-state index contributed by atoms with van der Waals surface area (Å²) in [6.45, 7) is 0.394. The number of benzene rings is 1. The summed E-state index contributed by atoms with van der Waals surface area (Å²) in [7, 11) is 1.96. The lowest BCUT2D eigenvalue weighted by atomic mass is 10.3. The van der Waals surface area contributed by atoms with Gasteiger partial charge in [0.2, 0.25) is 5.91 Å². The van der Waals surface area contributed by atoms with E-state index in [1.54, 1.807) is 18.2 Å². The Morgan fingerprint density at radius 2 is 2.29 bits per heavy atom. The first-order valence-electron chi connectivity index (χ1n) is 5.61. The molecule has 0 unspecified atom stereocenters. The molecule has 0 saturated heterocycles. The van der Waals surface area contributed by atoms with Crippen molar-refractivity contribution in [1.82, 2.24) is 4.90 Å². The zero-order chi connectivity index (χ0) is 12.4. The van der Waals surface area contributed by atoms with Crippen LogP contribution in [0.2, 0.25) is 5.02 Å². The lowest BCUT2D eigenvalue weighted by molar-refractivity contribution is -0.117. The van der Waals surface area contributed by atoms with Crippen molar-refractivity contribution in [3.8, 4) is 0 Å². The molecule has 0 heterocycles. The fourth-order valence-corrected chi connectivity index (χ4v) is 1.93. The van der Waals surface area contributed by atoms with Crippen molar-refractivity contribution in [3.05, 3.63) is 23.2 Å². The summed E-state index contributed by atoms with van der Waals surface area (Å²) >= 11 is 5.98. The van der Waals surface area contributed by atoms with Gasteiger partial charge in [-0.2, -0.15) is 0 Å². The maximum Gasteiger partial charge on any atom is 0.238 e. The van der Waals surface area contributed by atoms with Crippen LogP contribution in [-0.4, -0.2) is 30.4 Å². The van der Waals surface area contributed by atoms with Crippen LogP contribution in [0.5, 0.6) is 0 Å². The number of hydrogen-bond donors (Lipinski definition) is 2. The van der Waals surface area contributed by atoms with E-state index in [4.69, 9.17) is 17.3 Å². The lowest BCUT2D eigenvalue weighted by Crippen LogP contribution is -2.31. The highest BCUT2D eigenvalue weighted by molar-refractivity contribution is 6.34. The van der Waals surface area contributed by atoms with Gasteiger partial charge in [-0.15, -0.1) is 0 Å². The normalized spacial score (nSPS) is 15.0. The van der Waals surface area contributed by atoms with Gasteiger partial charge in [0.15, 0.2) is 0 Å².